The van der Waals surface area contributed by atoms with Crippen LogP contribution in [0, 0.1) is 32.4 Å². The number of benzene rings is 2. The van der Waals surface area contributed by atoms with Gasteiger partial charge in [-0.3, -0.25) is 10.1 Å². The molecule has 0 aliphatic rings. The van der Waals surface area contributed by atoms with E-state index in [4.69, 9.17) is 0 Å². The molecule has 0 atom stereocenters. The summed E-state index contributed by atoms with van der Waals surface area (Å²) < 4.78 is 27.0. The van der Waals surface area contributed by atoms with E-state index in [1.165, 1.54) is 16.9 Å². The average Bonchev–Trinajstić information content (AvgIpc) is 2.92. The molecule has 0 saturated carbocycles. The fraction of sp³-hybridized carbons (Fsp3) is 0.158. The van der Waals surface area contributed by atoms with Crippen LogP contribution in [0.4, 0.5) is 13.9 Å². The molecule has 1 aromatic heterocycles. The molecule has 0 aliphatic carbocycles. The lowest BCUT2D eigenvalue weighted by Gasteiger charge is -2.04. The smallest absolute Gasteiger partial charge is 0.260 e. The Hall–Kier alpha value is -2.60. The largest absolute Gasteiger partial charge is 0.298 e. The molecule has 3 nitrogen and oxygen atoms in total. The predicted octanol–water partition coefficient (Wildman–Crippen LogP) is 5.27. The number of anilines is 1. The van der Waals surface area contributed by atoms with Crippen LogP contribution in [-0.2, 0) is 0 Å². The number of hydrogen-bond acceptors (Lipinski definition) is 3. The number of rotatable bonds is 3. The van der Waals surface area contributed by atoms with Gasteiger partial charge in [-0.1, -0.05) is 12.1 Å². The first-order valence-corrected chi connectivity index (χ1v) is 8.48. The van der Waals surface area contributed by atoms with E-state index < -0.39 is 17.5 Å². The molecule has 1 amide bonds. The zero-order chi connectivity index (χ0) is 18.1. The van der Waals surface area contributed by atoms with E-state index in [0.717, 1.165) is 39.9 Å². The Kier molecular flexibility index (Phi) is 4.63. The summed E-state index contributed by atoms with van der Waals surface area (Å²) in [6.07, 6.45) is 0. The van der Waals surface area contributed by atoms with Gasteiger partial charge in [-0.25, -0.2) is 13.8 Å². The van der Waals surface area contributed by atoms with Crippen LogP contribution in [0.5, 0.6) is 0 Å². The Morgan fingerprint density at radius 2 is 1.80 bits per heavy atom. The van der Waals surface area contributed by atoms with Crippen molar-refractivity contribution in [1.82, 2.24) is 4.98 Å². The van der Waals surface area contributed by atoms with Gasteiger partial charge in [0.05, 0.1) is 11.3 Å². The summed E-state index contributed by atoms with van der Waals surface area (Å²) in [5.41, 5.74) is 3.71. The van der Waals surface area contributed by atoms with Crippen LogP contribution in [0.2, 0.25) is 0 Å². The van der Waals surface area contributed by atoms with Gasteiger partial charge in [0, 0.05) is 10.4 Å². The van der Waals surface area contributed by atoms with E-state index in [1.54, 1.807) is 0 Å². The molecule has 1 heterocycles. The molecule has 0 fully saturated rings. The maximum absolute atomic E-state index is 13.7. The highest BCUT2D eigenvalue weighted by Gasteiger charge is 2.16. The first kappa shape index (κ1) is 17.2. The van der Waals surface area contributed by atoms with Crippen molar-refractivity contribution in [2.45, 2.75) is 20.8 Å². The second-order valence-corrected chi connectivity index (χ2v) is 7.00. The van der Waals surface area contributed by atoms with Crippen LogP contribution in [0.15, 0.2) is 36.4 Å². The molecule has 0 saturated heterocycles. The van der Waals surface area contributed by atoms with Crippen LogP contribution >= 0.6 is 11.3 Å². The monoisotopic (exact) mass is 358 g/mol. The van der Waals surface area contributed by atoms with Crippen molar-refractivity contribution >= 4 is 22.4 Å². The number of carbonyl (C=O) groups excluding carboxylic acids is 1. The standard InChI is InChI=1S/C19H16F2N2OS/c1-10-4-5-13(8-11(10)2)17-12(3)25-19(22-17)23-18(24)15-9-14(20)6-7-16(15)21/h4-9H,1-3H3,(H,22,23,24). The topological polar surface area (TPSA) is 42.0 Å². The number of nitrogens with one attached hydrogen (secondary N) is 1. The lowest BCUT2D eigenvalue weighted by molar-refractivity contribution is 0.102. The average molecular weight is 358 g/mol. The molecule has 128 valence electrons. The predicted molar refractivity (Wildman–Crippen MR) is 96.1 cm³/mol. The van der Waals surface area contributed by atoms with Crippen molar-refractivity contribution < 1.29 is 13.6 Å². The maximum atomic E-state index is 13.7. The third-order valence-corrected chi connectivity index (χ3v) is 4.86. The second-order valence-electron chi connectivity index (χ2n) is 5.80. The Labute approximate surface area is 148 Å². The fourth-order valence-corrected chi connectivity index (χ4v) is 3.27. The lowest BCUT2D eigenvalue weighted by atomic mass is 10.0. The molecule has 0 bridgehead atoms. The number of aromatic nitrogens is 1. The fourth-order valence-electron chi connectivity index (χ4n) is 2.44. The minimum Gasteiger partial charge on any atom is -0.298 e. The lowest BCUT2D eigenvalue weighted by Crippen LogP contribution is -2.13. The molecule has 1 N–H and O–H groups in total. The summed E-state index contributed by atoms with van der Waals surface area (Å²) in [6, 6.07) is 8.80. The van der Waals surface area contributed by atoms with Crippen LogP contribution in [0.25, 0.3) is 11.3 Å². The summed E-state index contributed by atoms with van der Waals surface area (Å²) in [6.45, 7) is 5.96. The summed E-state index contributed by atoms with van der Waals surface area (Å²) in [4.78, 5) is 17.6. The number of nitrogens with zero attached hydrogens (tertiary/aromatic N) is 1. The van der Waals surface area contributed by atoms with E-state index in [9.17, 15) is 13.6 Å². The Balaban J connectivity index is 1.88. The van der Waals surface area contributed by atoms with Gasteiger partial charge in [-0.15, -0.1) is 11.3 Å². The second kappa shape index (κ2) is 6.72. The minimum absolute atomic E-state index is 0.347. The van der Waals surface area contributed by atoms with Gasteiger partial charge in [0.15, 0.2) is 5.13 Å². The number of amides is 1. The quantitative estimate of drug-likeness (QED) is 0.693. The molecule has 0 aliphatic heterocycles. The molecule has 2 aromatic carbocycles. The summed E-state index contributed by atoms with van der Waals surface area (Å²) in [5, 5.41) is 2.89. The normalized spacial score (nSPS) is 10.8. The van der Waals surface area contributed by atoms with E-state index in [0.29, 0.717) is 5.13 Å². The van der Waals surface area contributed by atoms with E-state index in [2.05, 4.69) is 10.3 Å². The SMILES string of the molecule is Cc1ccc(-c2nc(NC(=O)c3cc(F)ccc3F)sc2C)cc1C. The molecule has 0 spiro atoms. The molecular formula is C19H16F2N2OS. The van der Waals surface area contributed by atoms with Crippen LogP contribution in [0.3, 0.4) is 0 Å². The molecule has 3 aromatic rings. The van der Waals surface area contributed by atoms with Gasteiger partial charge in [0.25, 0.3) is 5.91 Å². The van der Waals surface area contributed by atoms with E-state index >= 15 is 0 Å². The number of thiazole rings is 1. The Morgan fingerprint density at radius 1 is 1.04 bits per heavy atom. The Bertz CT molecular complexity index is 966. The molecule has 0 unspecified atom stereocenters. The van der Waals surface area contributed by atoms with Crippen molar-refractivity contribution in [1.29, 1.82) is 0 Å². The molecule has 3 rings (SSSR count). The number of hydrogen-bond donors (Lipinski definition) is 1. The third-order valence-electron chi connectivity index (χ3n) is 3.97. The zero-order valence-electron chi connectivity index (χ0n) is 14.0. The number of halogens is 2. The highest BCUT2D eigenvalue weighted by Crippen LogP contribution is 2.31. The van der Waals surface area contributed by atoms with Crippen molar-refractivity contribution in [2.24, 2.45) is 0 Å². The highest BCUT2D eigenvalue weighted by atomic mass is 32.1. The van der Waals surface area contributed by atoms with Crippen molar-refractivity contribution in [3.8, 4) is 11.3 Å². The third kappa shape index (κ3) is 3.58. The van der Waals surface area contributed by atoms with Crippen LogP contribution in [0.1, 0.15) is 26.4 Å². The van der Waals surface area contributed by atoms with E-state index in [-0.39, 0.29) is 5.56 Å². The molecule has 6 heteroatoms. The zero-order valence-corrected chi connectivity index (χ0v) is 14.8. The summed E-state index contributed by atoms with van der Waals surface area (Å²) >= 11 is 1.29. The maximum Gasteiger partial charge on any atom is 0.260 e. The van der Waals surface area contributed by atoms with Crippen molar-refractivity contribution in [3.63, 3.8) is 0 Å². The van der Waals surface area contributed by atoms with Crippen LogP contribution in [-0.4, -0.2) is 10.9 Å². The molecule has 25 heavy (non-hydrogen) atoms. The van der Waals surface area contributed by atoms with Gasteiger partial charge in [-0.2, -0.15) is 0 Å². The van der Waals surface area contributed by atoms with Crippen molar-refractivity contribution in [3.05, 3.63) is 69.6 Å². The first-order valence-electron chi connectivity index (χ1n) is 7.66. The van der Waals surface area contributed by atoms with Gasteiger partial charge in [0.2, 0.25) is 0 Å². The van der Waals surface area contributed by atoms with Gasteiger partial charge in [-0.05, 0) is 56.2 Å². The first-order chi connectivity index (χ1) is 11.8. The molecular weight excluding hydrogens is 342 g/mol. The number of aryl methyl sites for hydroxylation is 3. The highest BCUT2D eigenvalue weighted by molar-refractivity contribution is 7.16. The summed E-state index contributed by atoms with van der Waals surface area (Å²) in [5.74, 6) is -2.17. The summed E-state index contributed by atoms with van der Waals surface area (Å²) in [7, 11) is 0. The van der Waals surface area contributed by atoms with Gasteiger partial charge in [0.1, 0.15) is 11.6 Å². The van der Waals surface area contributed by atoms with Gasteiger partial charge < -0.3 is 0 Å². The van der Waals surface area contributed by atoms with Gasteiger partial charge >= 0.3 is 0 Å². The number of carbonyl (C=O) groups is 1. The van der Waals surface area contributed by atoms with E-state index in [1.807, 2.05) is 39.0 Å². The molecule has 0 radical (unpaired) electrons. The van der Waals surface area contributed by atoms with Crippen molar-refractivity contribution in [2.75, 3.05) is 5.32 Å². The van der Waals surface area contributed by atoms with Crippen LogP contribution < -0.4 is 5.32 Å². The Morgan fingerprint density at radius 3 is 2.52 bits per heavy atom. The minimum atomic E-state index is -0.776.